The molecule has 0 aromatic heterocycles. The third kappa shape index (κ3) is 3.65. The maximum Gasteiger partial charge on any atom is 0.0525 e. The van der Waals surface area contributed by atoms with Gasteiger partial charge in [0.25, 0.3) is 0 Å². The molecule has 12 heavy (non-hydrogen) atoms. The molecule has 1 aliphatic rings. The Morgan fingerprint density at radius 3 is 2.50 bits per heavy atom. The van der Waals surface area contributed by atoms with E-state index in [2.05, 4.69) is 12.3 Å². The van der Waals surface area contributed by atoms with Crippen molar-refractivity contribution in [2.24, 2.45) is 5.84 Å². The van der Waals surface area contributed by atoms with E-state index in [0.29, 0.717) is 0 Å². The van der Waals surface area contributed by atoms with E-state index >= 15 is 0 Å². The standard InChI is InChI=1S/C7H10N2.C3H4/c1-2-7-5-3-4-6-9(7)8;1-3-2/h2-6H,8H2,1H3;1H,2H3/b7-2-;. The number of terminal acetylenes is 1. The molecule has 0 atom stereocenters. The summed E-state index contributed by atoms with van der Waals surface area (Å²) in [6.45, 7) is 3.61. The Morgan fingerprint density at radius 2 is 2.17 bits per heavy atom. The Hall–Kier alpha value is -1.46. The molecule has 0 radical (unpaired) electrons. The van der Waals surface area contributed by atoms with Gasteiger partial charge in [-0.2, -0.15) is 0 Å². The lowest BCUT2D eigenvalue weighted by Gasteiger charge is -2.16. The van der Waals surface area contributed by atoms with Crippen LogP contribution in [0, 0.1) is 12.3 Å². The van der Waals surface area contributed by atoms with Crippen LogP contribution in [0.15, 0.2) is 36.2 Å². The van der Waals surface area contributed by atoms with E-state index < -0.39 is 0 Å². The first-order valence-electron chi connectivity index (χ1n) is 3.68. The molecular formula is C10H14N2. The average Bonchev–Trinajstić information content (AvgIpc) is 2.07. The number of hydrogen-bond donors (Lipinski definition) is 1. The lowest BCUT2D eigenvalue weighted by Crippen LogP contribution is -2.24. The normalized spacial score (nSPS) is 16.8. The summed E-state index contributed by atoms with van der Waals surface area (Å²) in [7, 11) is 0. The summed E-state index contributed by atoms with van der Waals surface area (Å²) in [5, 5.41) is 1.58. The highest BCUT2D eigenvalue weighted by atomic mass is 15.4. The highest BCUT2D eigenvalue weighted by Gasteiger charge is 1.96. The summed E-state index contributed by atoms with van der Waals surface area (Å²) >= 11 is 0. The van der Waals surface area contributed by atoms with E-state index in [-0.39, 0.29) is 0 Å². The number of nitrogens with zero attached hydrogens (tertiary/aromatic N) is 1. The van der Waals surface area contributed by atoms with Crippen LogP contribution in [0.2, 0.25) is 0 Å². The second kappa shape index (κ2) is 6.26. The first kappa shape index (κ1) is 10.5. The van der Waals surface area contributed by atoms with Crippen LogP contribution in [0.25, 0.3) is 0 Å². The molecular weight excluding hydrogens is 148 g/mol. The maximum atomic E-state index is 5.52. The zero-order valence-corrected chi connectivity index (χ0v) is 7.49. The number of hydrogen-bond acceptors (Lipinski definition) is 2. The molecule has 0 saturated heterocycles. The summed E-state index contributed by atoms with van der Waals surface area (Å²) < 4.78 is 0. The molecule has 2 nitrogen and oxygen atoms in total. The molecule has 2 heteroatoms. The second-order valence-electron chi connectivity index (χ2n) is 2.11. The molecule has 0 saturated carbocycles. The van der Waals surface area contributed by atoms with Crippen LogP contribution in [-0.4, -0.2) is 5.01 Å². The van der Waals surface area contributed by atoms with E-state index in [1.807, 2.05) is 37.4 Å². The SMILES string of the molecule is C#CC.C/C=C1/C=CC=CN1N. The zero-order chi connectivity index (χ0) is 9.40. The zero-order valence-electron chi connectivity index (χ0n) is 7.49. The fraction of sp³-hybridized carbons (Fsp3) is 0.200. The first-order chi connectivity index (χ1) is 5.76. The highest BCUT2D eigenvalue weighted by molar-refractivity contribution is 5.25. The largest absolute Gasteiger partial charge is 0.287 e. The number of hydrazine groups is 1. The van der Waals surface area contributed by atoms with Gasteiger partial charge in [-0.25, -0.2) is 5.84 Å². The third-order valence-corrected chi connectivity index (χ3v) is 1.22. The van der Waals surface area contributed by atoms with Gasteiger partial charge in [0.15, 0.2) is 0 Å². The van der Waals surface area contributed by atoms with Gasteiger partial charge in [0, 0.05) is 6.20 Å². The van der Waals surface area contributed by atoms with Crippen LogP contribution in [0.3, 0.4) is 0 Å². The average molecular weight is 162 g/mol. The summed E-state index contributed by atoms with van der Waals surface area (Å²) in [4.78, 5) is 0. The number of nitrogens with two attached hydrogens (primary N) is 1. The fourth-order valence-corrected chi connectivity index (χ4v) is 0.714. The van der Waals surface area contributed by atoms with Gasteiger partial charge in [0.1, 0.15) is 0 Å². The van der Waals surface area contributed by atoms with E-state index in [1.54, 1.807) is 11.9 Å². The van der Waals surface area contributed by atoms with Crippen molar-refractivity contribution in [1.29, 1.82) is 0 Å². The molecule has 1 heterocycles. The topological polar surface area (TPSA) is 29.3 Å². The van der Waals surface area contributed by atoms with Crippen molar-refractivity contribution in [3.8, 4) is 12.3 Å². The van der Waals surface area contributed by atoms with Crippen molar-refractivity contribution in [3.63, 3.8) is 0 Å². The molecule has 0 aliphatic carbocycles. The molecule has 0 aromatic carbocycles. The Bertz CT molecular complexity index is 241. The fourth-order valence-electron chi connectivity index (χ4n) is 0.714. The van der Waals surface area contributed by atoms with E-state index in [9.17, 15) is 0 Å². The van der Waals surface area contributed by atoms with Gasteiger partial charge in [-0.1, -0.05) is 12.2 Å². The van der Waals surface area contributed by atoms with Crippen molar-refractivity contribution >= 4 is 0 Å². The van der Waals surface area contributed by atoms with Gasteiger partial charge in [0.2, 0.25) is 0 Å². The van der Waals surface area contributed by atoms with Gasteiger partial charge < -0.3 is 0 Å². The van der Waals surface area contributed by atoms with Crippen molar-refractivity contribution < 1.29 is 0 Å². The van der Waals surface area contributed by atoms with Gasteiger partial charge in [-0.05, 0) is 26.0 Å². The van der Waals surface area contributed by atoms with Gasteiger partial charge in [0.05, 0.1) is 5.70 Å². The van der Waals surface area contributed by atoms with E-state index in [4.69, 9.17) is 5.84 Å². The van der Waals surface area contributed by atoms with Gasteiger partial charge in [-0.15, -0.1) is 12.3 Å². The highest BCUT2D eigenvalue weighted by Crippen LogP contribution is 2.05. The minimum absolute atomic E-state index is 1.03. The summed E-state index contributed by atoms with van der Waals surface area (Å²) in [6, 6.07) is 0. The minimum atomic E-state index is 1.03. The van der Waals surface area contributed by atoms with Crippen LogP contribution < -0.4 is 5.84 Å². The predicted octanol–water partition coefficient (Wildman–Crippen LogP) is 1.79. The molecule has 64 valence electrons. The molecule has 2 N–H and O–H groups in total. The quantitative estimate of drug-likeness (QED) is 0.434. The smallest absolute Gasteiger partial charge is 0.0525 e. The van der Waals surface area contributed by atoms with Crippen molar-refractivity contribution in [2.45, 2.75) is 13.8 Å². The molecule has 0 aromatic rings. The molecule has 0 fully saturated rings. The van der Waals surface area contributed by atoms with Crippen molar-refractivity contribution in [2.75, 3.05) is 0 Å². The maximum absolute atomic E-state index is 5.52. The third-order valence-electron chi connectivity index (χ3n) is 1.22. The molecule has 0 unspecified atom stereocenters. The van der Waals surface area contributed by atoms with Crippen LogP contribution in [-0.2, 0) is 0 Å². The Labute approximate surface area is 74.0 Å². The van der Waals surface area contributed by atoms with Crippen LogP contribution >= 0.6 is 0 Å². The lowest BCUT2D eigenvalue weighted by atomic mass is 10.3. The first-order valence-corrected chi connectivity index (χ1v) is 3.68. The number of rotatable bonds is 0. The summed E-state index contributed by atoms with van der Waals surface area (Å²) in [6.07, 6.45) is 14.2. The lowest BCUT2D eigenvalue weighted by molar-refractivity contribution is 0.504. The Morgan fingerprint density at radius 1 is 1.58 bits per heavy atom. The Balaban J connectivity index is 0.000000354. The molecule has 0 amide bonds. The van der Waals surface area contributed by atoms with Gasteiger partial charge >= 0.3 is 0 Å². The molecule has 0 bridgehead atoms. The monoisotopic (exact) mass is 162 g/mol. The predicted molar refractivity (Wildman–Crippen MR) is 52.6 cm³/mol. The van der Waals surface area contributed by atoms with Crippen molar-refractivity contribution in [1.82, 2.24) is 5.01 Å². The Kier molecular flexibility index (Phi) is 5.50. The molecule has 0 spiro atoms. The van der Waals surface area contributed by atoms with Crippen LogP contribution in [0.5, 0.6) is 0 Å². The van der Waals surface area contributed by atoms with Crippen molar-refractivity contribution in [3.05, 3.63) is 36.2 Å². The van der Waals surface area contributed by atoms with Gasteiger partial charge in [-0.3, -0.25) is 5.01 Å². The van der Waals surface area contributed by atoms with Crippen LogP contribution in [0.4, 0.5) is 0 Å². The summed E-state index contributed by atoms with van der Waals surface area (Å²) in [5.74, 6) is 7.77. The minimum Gasteiger partial charge on any atom is -0.287 e. The molecule has 1 rings (SSSR count). The summed E-state index contributed by atoms with van der Waals surface area (Å²) in [5.41, 5.74) is 1.03. The number of allylic oxidation sites excluding steroid dienone is 4. The van der Waals surface area contributed by atoms with Crippen LogP contribution in [0.1, 0.15) is 13.8 Å². The van der Waals surface area contributed by atoms with E-state index in [0.717, 1.165) is 5.70 Å². The molecule has 1 aliphatic heterocycles. The van der Waals surface area contributed by atoms with E-state index in [1.165, 1.54) is 0 Å². The second-order valence-corrected chi connectivity index (χ2v) is 2.11.